The zero-order valence-corrected chi connectivity index (χ0v) is 12.5. The average Bonchev–Trinajstić information content (AvgIpc) is 2.89. The Bertz CT molecular complexity index is 600. The summed E-state index contributed by atoms with van der Waals surface area (Å²) in [4.78, 5) is 3.73. The predicted molar refractivity (Wildman–Crippen MR) is 77.1 cm³/mol. The van der Waals surface area contributed by atoms with Crippen molar-refractivity contribution in [1.29, 1.82) is 0 Å². The van der Waals surface area contributed by atoms with E-state index in [-0.39, 0.29) is 17.6 Å². The fourth-order valence-electron chi connectivity index (χ4n) is 2.43. The van der Waals surface area contributed by atoms with E-state index >= 15 is 0 Å². The van der Waals surface area contributed by atoms with Gasteiger partial charge in [-0.1, -0.05) is 25.1 Å². The van der Waals surface area contributed by atoms with Crippen molar-refractivity contribution in [2.24, 2.45) is 5.73 Å². The van der Waals surface area contributed by atoms with Crippen molar-refractivity contribution in [2.75, 3.05) is 6.54 Å². The summed E-state index contributed by atoms with van der Waals surface area (Å²) in [6, 6.07) is 2.23. The van der Waals surface area contributed by atoms with Crippen molar-refractivity contribution in [2.45, 2.75) is 36.8 Å². The van der Waals surface area contributed by atoms with Gasteiger partial charge in [-0.2, -0.15) is 4.31 Å². The maximum absolute atomic E-state index is 13.7. The quantitative estimate of drug-likeness (QED) is 0.832. The van der Waals surface area contributed by atoms with Crippen LogP contribution in [0.15, 0.2) is 23.4 Å². The largest absolute Gasteiger partial charge is 0.392 e. The van der Waals surface area contributed by atoms with Gasteiger partial charge in [0, 0.05) is 12.2 Å². The average molecular weight is 317 g/mol. The van der Waals surface area contributed by atoms with E-state index in [0.717, 1.165) is 31.7 Å². The van der Waals surface area contributed by atoms with Crippen LogP contribution in [0, 0.1) is 5.82 Å². The third-order valence-corrected chi connectivity index (χ3v) is 5.28. The van der Waals surface area contributed by atoms with Gasteiger partial charge in [-0.15, -0.1) is 0 Å². The van der Waals surface area contributed by atoms with E-state index in [2.05, 4.69) is 4.98 Å². The molecule has 1 heterocycles. The highest BCUT2D eigenvalue weighted by Crippen LogP contribution is 2.28. The Morgan fingerprint density at radius 1 is 1.50 bits per heavy atom. The van der Waals surface area contributed by atoms with Gasteiger partial charge < -0.3 is 5.73 Å². The Morgan fingerprint density at radius 3 is 2.70 bits per heavy atom. The van der Waals surface area contributed by atoms with Gasteiger partial charge >= 0.3 is 0 Å². The molecule has 5 nitrogen and oxygen atoms in total. The lowest BCUT2D eigenvalue weighted by atomic mass is 10.2. The summed E-state index contributed by atoms with van der Waals surface area (Å²) in [5.74, 6) is -0.863. The maximum Gasteiger partial charge on any atom is 0.264 e. The van der Waals surface area contributed by atoms with Crippen LogP contribution in [-0.2, 0) is 10.0 Å². The van der Waals surface area contributed by atoms with Crippen LogP contribution in [0.2, 0.25) is 0 Å². The lowest BCUT2D eigenvalue weighted by Gasteiger charge is -2.27. The van der Waals surface area contributed by atoms with Crippen LogP contribution in [0.25, 0.3) is 0 Å². The molecule has 1 aromatic rings. The van der Waals surface area contributed by atoms with Gasteiger partial charge in [-0.25, -0.2) is 17.8 Å². The molecule has 0 amide bonds. The fraction of sp³-hybridized carbons (Fsp3) is 0.500. The number of hydrogen-bond donors (Lipinski definition) is 1. The van der Waals surface area contributed by atoms with Gasteiger partial charge in [0.2, 0.25) is 5.03 Å². The molecule has 0 radical (unpaired) electrons. The van der Waals surface area contributed by atoms with Crippen LogP contribution >= 0.6 is 12.2 Å². The van der Waals surface area contributed by atoms with E-state index in [9.17, 15) is 12.8 Å². The first-order chi connectivity index (χ1) is 9.43. The van der Waals surface area contributed by atoms with E-state index in [4.69, 9.17) is 18.0 Å². The van der Waals surface area contributed by atoms with Crippen molar-refractivity contribution in [3.8, 4) is 0 Å². The van der Waals surface area contributed by atoms with Gasteiger partial charge in [0.15, 0.2) is 5.82 Å². The van der Waals surface area contributed by atoms with E-state index in [1.54, 1.807) is 0 Å². The van der Waals surface area contributed by atoms with Gasteiger partial charge in [-0.3, -0.25) is 0 Å². The second-order valence-electron chi connectivity index (χ2n) is 4.75. The minimum atomic E-state index is -4.03. The van der Waals surface area contributed by atoms with Gasteiger partial charge in [0.25, 0.3) is 10.0 Å². The molecular weight excluding hydrogens is 301 g/mol. The van der Waals surface area contributed by atoms with Crippen molar-refractivity contribution in [3.05, 3.63) is 24.1 Å². The smallest absolute Gasteiger partial charge is 0.264 e. The number of hydrogen-bond acceptors (Lipinski definition) is 4. The number of nitrogens with zero attached hydrogens (tertiary/aromatic N) is 2. The van der Waals surface area contributed by atoms with Crippen LogP contribution in [0.4, 0.5) is 4.39 Å². The highest BCUT2D eigenvalue weighted by Gasteiger charge is 2.36. The molecular formula is C12H16FN3O2S2. The number of aromatic nitrogens is 1. The summed E-state index contributed by atoms with van der Waals surface area (Å²) in [5, 5.41) is -0.567. The van der Waals surface area contributed by atoms with Crippen LogP contribution < -0.4 is 5.73 Å². The van der Waals surface area contributed by atoms with Crippen LogP contribution in [-0.4, -0.2) is 35.3 Å². The fourth-order valence-corrected chi connectivity index (χ4v) is 4.29. The van der Waals surface area contributed by atoms with Gasteiger partial charge in [-0.05, 0) is 25.0 Å². The lowest BCUT2D eigenvalue weighted by molar-refractivity contribution is 0.351. The molecule has 0 spiro atoms. The Labute approximate surface area is 123 Å². The van der Waals surface area contributed by atoms with E-state index < -0.39 is 20.9 Å². The molecule has 0 atom stereocenters. The molecule has 1 saturated carbocycles. The third-order valence-electron chi connectivity index (χ3n) is 3.32. The summed E-state index contributed by atoms with van der Waals surface area (Å²) in [7, 11) is -4.03. The number of halogens is 1. The summed E-state index contributed by atoms with van der Waals surface area (Å²) in [6.45, 7) is -0.0850. The van der Waals surface area contributed by atoms with E-state index in [1.807, 2.05) is 0 Å². The summed E-state index contributed by atoms with van der Waals surface area (Å²) in [6.07, 6.45) is 4.60. The molecule has 2 N–H and O–H groups in total. The zero-order valence-electron chi connectivity index (χ0n) is 10.8. The molecule has 110 valence electrons. The number of nitrogens with two attached hydrogens (primary N) is 1. The molecule has 0 aromatic carbocycles. The van der Waals surface area contributed by atoms with Crippen LogP contribution in [0.1, 0.15) is 25.7 Å². The highest BCUT2D eigenvalue weighted by atomic mass is 32.2. The predicted octanol–water partition coefficient (Wildman–Crippen LogP) is 1.44. The number of rotatable bonds is 5. The van der Waals surface area contributed by atoms with Crippen molar-refractivity contribution in [1.82, 2.24) is 9.29 Å². The van der Waals surface area contributed by atoms with Crippen molar-refractivity contribution >= 4 is 27.2 Å². The lowest BCUT2D eigenvalue weighted by Crippen LogP contribution is -2.44. The zero-order chi connectivity index (χ0) is 14.8. The van der Waals surface area contributed by atoms with Crippen molar-refractivity contribution in [3.63, 3.8) is 0 Å². The topological polar surface area (TPSA) is 76.3 Å². The second kappa shape index (κ2) is 6.11. The second-order valence-corrected chi connectivity index (χ2v) is 7.08. The van der Waals surface area contributed by atoms with E-state index in [0.29, 0.717) is 0 Å². The molecule has 0 bridgehead atoms. The SMILES string of the molecule is NC(=S)CN(C1CCCC1)S(=O)(=O)c1ncccc1F. The standard InChI is InChI=1S/C12H16FN3O2S2/c13-10-6-3-7-15-12(10)20(17,18)16(8-11(14)19)9-4-1-2-5-9/h3,6-7,9H,1-2,4-5,8H2,(H2,14,19). The molecule has 0 saturated heterocycles. The van der Waals surface area contributed by atoms with Crippen LogP contribution in [0.3, 0.4) is 0 Å². The van der Waals surface area contributed by atoms with Gasteiger partial charge in [0.05, 0.1) is 11.5 Å². The number of pyridine rings is 1. The Kier molecular flexibility index (Phi) is 4.66. The van der Waals surface area contributed by atoms with Gasteiger partial charge in [0.1, 0.15) is 0 Å². The summed E-state index contributed by atoms with van der Waals surface area (Å²) < 4.78 is 40.1. The van der Waals surface area contributed by atoms with Crippen molar-refractivity contribution < 1.29 is 12.8 Å². The summed E-state index contributed by atoms with van der Waals surface area (Å²) >= 11 is 4.82. The Morgan fingerprint density at radius 2 is 2.15 bits per heavy atom. The Hall–Kier alpha value is -1.12. The molecule has 2 rings (SSSR count). The molecule has 1 aliphatic rings. The molecule has 0 aliphatic heterocycles. The summed E-state index contributed by atoms with van der Waals surface area (Å²) in [5.41, 5.74) is 5.48. The molecule has 1 aromatic heterocycles. The minimum Gasteiger partial charge on any atom is -0.392 e. The molecule has 8 heteroatoms. The van der Waals surface area contributed by atoms with Crippen LogP contribution in [0.5, 0.6) is 0 Å². The van der Waals surface area contributed by atoms with E-state index in [1.165, 1.54) is 16.6 Å². The molecule has 0 unspecified atom stereocenters. The first-order valence-electron chi connectivity index (χ1n) is 6.33. The minimum absolute atomic E-state index is 0.0665. The number of sulfonamides is 1. The monoisotopic (exact) mass is 317 g/mol. The first kappa shape index (κ1) is 15.3. The molecule has 1 fully saturated rings. The highest BCUT2D eigenvalue weighted by molar-refractivity contribution is 7.89. The molecule has 20 heavy (non-hydrogen) atoms. The Balaban J connectivity index is 2.41. The first-order valence-corrected chi connectivity index (χ1v) is 8.18. The third kappa shape index (κ3) is 3.13. The number of thiocarbonyl (C=S) groups is 1. The maximum atomic E-state index is 13.7. The normalized spacial score (nSPS) is 16.7. The molecule has 1 aliphatic carbocycles.